The first kappa shape index (κ1) is 20.3. The molecule has 10 radical (unpaired) electrons. The fourth-order valence-corrected chi connectivity index (χ4v) is 1.84. The topological polar surface area (TPSA) is 26.3 Å². The fourth-order valence-electron chi connectivity index (χ4n) is 1.68. The van der Waals surface area contributed by atoms with E-state index in [2.05, 4.69) is 0 Å². The van der Waals surface area contributed by atoms with E-state index in [1.807, 2.05) is 57.8 Å². The van der Waals surface area contributed by atoms with Crippen LogP contribution in [0, 0.1) is 63.7 Å². The SMILES string of the molecule is CC(=O)O[C@H](CCCCl)[C]1[CH][CH][CH][CH]1.[CH]1[CH][CH][CH][CH]1.[Fe+2]. The number of alkyl halides is 1. The van der Waals surface area contributed by atoms with Crippen molar-refractivity contribution in [3.63, 3.8) is 0 Å². The van der Waals surface area contributed by atoms with Gasteiger partial charge in [-0.1, -0.05) is 0 Å². The molecule has 2 rings (SSSR count). The summed E-state index contributed by atoms with van der Waals surface area (Å²) in [6, 6.07) is 0. The summed E-state index contributed by atoms with van der Waals surface area (Å²) in [5.74, 6) is 1.40. The Labute approximate surface area is 139 Å². The number of esters is 1. The summed E-state index contributed by atoms with van der Waals surface area (Å²) in [7, 11) is 0. The van der Waals surface area contributed by atoms with Crippen LogP contribution in [0.1, 0.15) is 19.8 Å². The maximum Gasteiger partial charge on any atom is 2.00 e. The van der Waals surface area contributed by atoms with E-state index in [9.17, 15) is 4.79 Å². The van der Waals surface area contributed by atoms with Crippen LogP contribution in [-0.4, -0.2) is 18.0 Å². The first-order valence-corrected chi connectivity index (χ1v) is 6.89. The van der Waals surface area contributed by atoms with E-state index in [1.165, 1.54) is 6.92 Å². The summed E-state index contributed by atoms with van der Waals surface area (Å²) < 4.78 is 5.20. The van der Waals surface area contributed by atoms with Gasteiger partial charge in [-0.25, -0.2) is 0 Å². The maximum absolute atomic E-state index is 10.9. The van der Waals surface area contributed by atoms with Crippen molar-refractivity contribution < 1.29 is 26.6 Å². The van der Waals surface area contributed by atoms with Crippen molar-refractivity contribution in [2.24, 2.45) is 0 Å². The first-order chi connectivity index (χ1) is 9.24. The smallest absolute Gasteiger partial charge is 0.462 e. The minimum absolute atomic E-state index is 0. The van der Waals surface area contributed by atoms with Crippen LogP contribution in [0.15, 0.2) is 0 Å². The molecule has 0 aliphatic heterocycles. The van der Waals surface area contributed by atoms with Crippen LogP contribution >= 0.6 is 11.6 Å². The zero-order chi connectivity index (χ0) is 13.9. The van der Waals surface area contributed by atoms with E-state index >= 15 is 0 Å². The molecule has 2 nitrogen and oxygen atoms in total. The van der Waals surface area contributed by atoms with E-state index < -0.39 is 0 Å². The van der Waals surface area contributed by atoms with Gasteiger partial charge in [-0.2, -0.15) is 0 Å². The molecule has 1 atom stereocenters. The van der Waals surface area contributed by atoms with Gasteiger partial charge in [-0.05, 0) is 70.6 Å². The van der Waals surface area contributed by atoms with Crippen LogP contribution in [0.5, 0.6) is 0 Å². The van der Waals surface area contributed by atoms with Gasteiger partial charge in [0.2, 0.25) is 0 Å². The molecule has 0 amide bonds. The van der Waals surface area contributed by atoms with Crippen LogP contribution in [0.3, 0.4) is 0 Å². The van der Waals surface area contributed by atoms with E-state index in [0.717, 1.165) is 18.8 Å². The van der Waals surface area contributed by atoms with E-state index in [-0.39, 0.29) is 29.1 Å². The van der Waals surface area contributed by atoms with Crippen LogP contribution in [0.25, 0.3) is 0 Å². The monoisotopic (exact) mass is 334 g/mol. The molecule has 0 aromatic rings. The summed E-state index contributed by atoms with van der Waals surface area (Å²) in [6.45, 7) is 1.43. The molecule has 2 fully saturated rings. The molecule has 0 aromatic heterocycles. The normalized spacial score (nSPS) is 19.7. The minimum atomic E-state index is -0.245. The number of carbonyl (C=O) groups is 1. The Hall–Kier alpha value is 0.279. The predicted molar refractivity (Wildman–Crippen MR) is 77.5 cm³/mol. The fraction of sp³-hybridized carbons (Fsp3) is 0.312. The molecule has 20 heavy (non-hydrogen) atoms. The number of ether oxygens (including phenoxy) is 1. The second kappa shape index (κ2) is 13.0. The molecule has 2 aliphatic carbocycles. The van der Waals surface area contributed by atoms with Gasteiger partial charge >= 0.3 is 23.0 Å². The zero-order valence-electron chi connectivity index (χ0n) is 11.4. The Bertz CT molecular complexity index is 231. The molecule has 0 bridgehead atoms. The average molecular weight is 335 g/mol. The van der Waals surface area contributed by atoms with Gasteiger partial charge in [0.05, 0.1) is 0 Å². The minimum Gasteiger partial charge on any atom is -0.462 e. The Morgan fingerprint density at radius 3 is 2.00 bits per heavy atom. The number of carbonyl (C=O) groups excluding carboxylic acids is 1. The van der Waals surface area contributed by atoms with Gasteiger partial charge in [0.25, 0.3) is 0 Å². The largest absolute Gasteiger partial charge is 2.00 e. The Morgan fingerprint density at radius 2 is 1.60 bits per heavy atom. The molecule has 0 N–H and O–H groups in total. The van der Waals surface area contributed by atoms with Gasteiger partial charge in [0.1, 0.15) is 6.10 Å². The van der Waals surface area contributed by atoms with Crippen molar-refractivity contribution in [2.45, 2.75) is 25.9 Å². The number of rotatable bonds is 5. The Balaban J connectivity index is 0.000000507. The molecule has 0 aromatic carbocycles. The first-order valence-electron chi connectivity index (χ1n) is 6.35. The Kier molecular flexibility index (Phi) is 13.2. The zero-order valence-corrected chi connectivity index (χ0v) is 13.3. The van der Waals surface area contributed by atoms with Gasteiger partial charge in [0.15, 0.2) is 0 Å². The number of hydrogen-bond donors (Lipinski definition) is 0. The molecule has 2 saturated carbocycles. The van der Waals surface area contributed by atoms with E-state index in [4.69, 9.17) is 16.3 Å². The number of hydrogen-bond acceptors (Lipinski definition) is 2. The second-order valence-corrected chi connectivity index (χ2v) is 4.49. The van der Waals surface area contributed by atoms with Gasteiger partial charge in [0, 0.05) is 18.7 Å². The second-order valence-electron chi connectivity index (χ2n) is 4.11. The number of halogens is 1. The average Bonchev–Trinajstić information content (AvgIpc) is 3.07. The van der Waals surface area contributed by atoms with E-state index in [0.29, 0.717) is 5.88 Å². The van der Waals surface area contributed by atoms with Gasteiger partial charge in [-0.15, -0.1) is 11.6 Å². The molecule has 0 heterocycles. The maximum atomic E-state index is 10.9. The summed E-state index contributed by atoms with van der Waals surface area (Å²) in [5, 5.41) is 0. The van der Waals surface area contributed by atoms with Crippen molar-refractivity contribution in [2.75, 3.05) is 5.88 Å². The quantitative estimate of drug-likeness (QED) is 0.438. The molecule has 2 aliphatic rings. The van der Waals surface area contributed by atoms with Gasteiger partial charge in [-0.3, -0.25) is 4.79 Å². The molecule has 0 unspecified atom stereocenters. The van der Waals surface area contributed by atoms with E-state index in [1.54, 1.807) is 0 Å². The third kappa shape index (κ3) is 9.26. The summed E-state index contributed by atoms with van der Waals surface area (Å²) in [4.78, 5) is 10.9. The molecule has 108 valence electrons. The van der Waals surface area contributed by atoms with Crippen LogP contribution in [0.2, 0.25) is 0 Å². The third-order valence-corrected chi connectivity index (χ3v) is 2.79. The van der Waals surface area contributed by atoms with Crippen molar-refractivity contribution in [3.8, 4) is 0 Å². The summed E-state index contributed by atoms with van der Waals surface area (Å²) in [6.07, 6.45) is 19.3. The van der Waals surface area contributed by atoms with Crippen molar-refractivity contribution in [1.82, 2.24) is 0 Å². The molecular formula is C16H19ClFeO2+2. The summed E-state index contributed by atoms with van der Waals surface area (Å²) in [5.41, 5.74) is 0. The molecule has 4 heteroatoms. The van der Waals surface area contributed by atoms with Crippen molar-refractivity contribution in [3.05, 3.63) is 63.7 Å². The van der Waals surface area contributed by atoms with Crippen LogP contribution in [0.4, 0.5) is 0 Å². The van der Waals surface area contributed by atoms with Gasteiger partial charge < -0.3 is 4.74 Å². The summed E-state index contributed by atoms with van der Waals surface area (Å²) >= 11 is 5.60. The van der Waals surface area contributed by atoms with Crippen molar-refractivity contribution in [1.29, 1.82) is 0 Å². The van der Waals surface area contributed by atoms with Crippen LogP contribution in [-0.2, 0) is 26.6 Å². The Morgan fingerprint density at radius 1 is 1.10 bits per heavy atom. The molecule has 0 spiro atoms. The molecular weight excluding hydrogens is 315 g/mol. The van der Waals surface area contributed by atoms with Crippen molar-refractivity contribution >= 4 is 17.6 Å². The molecule has 0 saturated heterocycles. The van der Waals surface area contributed by atoms with Crippen LogP contribution < -0.4 is 0 Å². The predicted octanol–water partition coefficient (Wildman–Crippen LogP) is 3.36. The standard InChI is InChI=1S/C11H14ClO2.C5H5.Fe/c1-9(13)14-11(7-4-8-12)10-5-2-3-6-10;1-2-4-5-3-1;/h2-3,5-6,11H,4,7-8H2,1H3;1-5H;/q;;+2/t11-;;/m1../s1. The third-order valence-electron chi connectivity index (χ3n) is 2.52.